The van der Waals surface area contributed by atoms with Crippen LogP contribution in [-0.4, -0.2) is 70.2 Å². The summed E-state index contributed by atoms with van der Waals surface area (Å²) in [5.74, 6) is -1.06. The summed E-state index contributed by atoms with van der Waals surface area (Å²) >= 11 is 0. The van der Waals surface area contributed by atoms with Crippen molar-refractivity contribution in [2.75, 3.05) is 13.1 Å². The molecule has 2 aliphatic heterocycles. The van der Waals surface area contributed by atoms with Crippen LogP contribution in [0.5, 0.6) is 0 Å². The Hall–Kier alpha value is -3.24. The number of oxazole rings is 1. The molecule has 1 fully saturated rings. The van der Waals surface area contributed by atoms with Gasteiger partial charge in [0, 0.05) is 31.5 Å². The van der Waals surface area contributed by atoms with Gasteiger partial charge in [0.2, 0.25) is 5.91 Å². The molecule has 1 aromatic heterocycles. The first-order valence-corrected chi connectivity index (χ1v) is 13.3. The van der Waals surface area contributed by atoms with E-state index in [-0.39, 0.29) is 36.3 Å². The van der Waals surface area contributed by atoms with Gasteiger partial charge in [0.25, 0.3) is 5.91 Å². The molecule has 0 spiro atoms. The van der Waals surface area contributed by atoms with E-state index in [2.05, 4.69) is 10.3 Å². The molecule has 3 heterocycles. The van der Waals surface area contributed by atoms with Crippen molar-refractivity contribution in [3.05, 3.63) is 53.8 Å². The molecular formula is C28H40N4O6. The Labute approximate surface area is 224 Å². The van der Waals surface area contributed by atoms with Crippen molar-refractivity contribution >= 4 is 17.8 Å². The van der Waals surface area contributed by atoms with E-state index in [0.717, 1.165) is 5.57 Å². The Morgan fingerprint density at radius 1 is 1.24 bits per heavy atom. The third-order valence-corrected chi connectivity index (χ3v) is 6.75. The number of nitrogens with one attached hydrogen (secondary N) is 1. The highest BCUT2D eigenvalue weighted by atomic mass is 16.5. The number of esters is 1. The van der Waals surface area contributed by atoms with E-state index < -0.39 is 36.2 Å². The SMILES string of the molecule is CC1=C\[C@@H](O)C[C@H](N)Cc2nc(co2)C(=O)N2CCC[C@@H]2C(=O)O[C@H](C(C)C)[C@H](C)/C=C/C(=O)NC\C=C\1. The number of fused-ring (bicyclic) bond motifs is 3. The van der Waals surface area contributed by atoms with Gasteiger partial charge < -0.3 is 30.2 Å². The number of hydrogen-bond acceptors (Lipinski definition) is 8. The van der Waals surface area contributed by atoms with Gasteiger partial charge in [0.15, 0.2) is 11.6 Å². The van der Waals surface area contributed by atoms with Gasteiger partial charge in [-0.25, -0.2) is 9.78 Å². The second kappa shape index (κ2) is 13.5. The molecule has 5 atom stereocenters. The number of aliphatic hydroxyl groups excluding tert-OH is 1. The van der Waals surface area contributed by atoms with E-state index in [1.54, 1.807) is 18.2 Å². The number of carbonyl (C=O) groups is 3. The monoisotopic (exact) mass is 528 g/mol. The molecule has 0 aliphatic carbocycles. The van der Waals surface area contributed by atoms with Crippen LogP contribution in [0.1, 0.15) is 63.3 Å². The minimum absolute atomic E-state index is 0.00273. The summed E-state index contributed by atoms with van der Waals surface area (Å²) in [5.41, 5.74) is 7.12. The topological polar surface area (TPSA) is 148 Å². The number of nitrogens with zero attached hydrogens (tertiary/aromatic N) is 2. The number of amides is 2. The Morgan fingerprint density at radius 2 is 2.00 bits per heavy atom. The minimum Gasteiger partial charge on any atom is -0.460 e. The number of aliphatic hydroxyl groups is 1. The van der Waals surface area contributed by atoms with Gasteiger partial charge in [-0.15, -0.1) is 0 Å². The standard InChI is InChI=1S/C28H40N4O6/c1-17(2)26-19(4)9-10-24(34)30-11-5-7-18(3)13-21(33)14-20(29)15-25-31-22(16-37-25)27(35)32-12-6-8-23(32)28(36)38-26/h5,7,9-10,13,16-17,19-21,23,26,33H,6,8,11-12,14-15,29H2,1-4H3,(H,30,34)/b7-5+,10-9+,18-13+/t19-,20+,21-,23-,26-/m1/s1. The van der Waals surface area contributed by atoms with Crippen molar-refractivity contribution < 1.29 is 28.6 Å². The van der Waals surface area contributed by atoms with Crippen LogP contribution >= 0.6 is 0 Å². The Kier molecular flexibility index (Phi) is 10.4. The van der Waals surface area contributed by atoms with Crippen molar-refractivity contribution in [3.63, 3.8) is 0 Å². The highest BCUT2D eigenvalue weighted by molar-refractivity contribution is 5.95. The number of rotatable bonds is 1. The minimum atomic E-state index is -0.781. The van der Waals surface area contributed by atoms with Gasteiger partial charge in [0.1, 0.15) is 18.4 Å². The van der Waals surface area contributed by atoms with Crippen molar-refractivity contribution in [2.24, 2.45) is 17.6 Å². The highest BCUT2D eigenvalue weighted by Crippen LogP contribution is 2.25. The van der Waals surface area contributed by atoms with Gasteiger partial charge in [-0.1, -0.05) is 50.6 Å². The molecule has 0 saturated carbocycles. The summed E-state index contributed by atoms with van der Waals surface area (Å²) < 4.78 is 11.4. The molecule has 10 nitrogen and oxygen atoms in total. The molecule has 10 heteroatoms. The largest absolute Gasteiger partial charge is 0.460 e. The van der Waals surface area contributed by atoms with Crippen LogP contribution in [0, 0.1) is 11.8 Å². The molecular weight excluding hydrogens is 488 g/mol. The molecule has 2 aliphatic rings. The third kappa shape index (κ3) is 8.13. The fourth-order valence-electron chi connectivity index (χ4n) is 4.82. The summed E-state index contributed by atoms with van der Waals surface area (Å²) in [4.78, 5) is 44.5. The second-order valence-corrected chi connectivity index (χ2v) is 10.5. The average molecular weight is 529 g/mol. The molecule has 208 valence electrons. The predicted octanol–water partition coefficient (Wildman–Crippen LogP) is 2.29. The van der Waals surface area contributed by atoms with Crippen molar-refractivity contribution in [1.82, 2.24) is 15.2 Å². The normalized spacial score (nSPS) is 31.7. The van der Waals surface area contributed by atoms with Crippen LogP contribution in [0.3, 0.4) is 0 Å². The lowest BCUT2D eigenvalue weighted by molar-refractivity contribution is -0.158. The first-order chi connectivity index (χ1) is 18.0. The zero-order valence-electron chi connectivity index (χ0n) is 22.6. The molecule has 4 N–H and O–H groups in total. The van der Waals surface area contributed by atoms with E-state index >= 15 is 0 Å². The molecule has 0 radical (unpaired) electrons. The quantitative estimate of drug-likeness (QED) is 0.470. The van der Waals surface area contributed by atoms with Crippen LogP contribution in [-0.2, 0) is 20.7 Å². The lowest BCUT2D eigenvalue weighted by Gasteiger charge is -2.29. The highest BCUT2D eigenvalue weighted by Gasteiger charge is 2.38. The summed E-state index contributed by atoms with van der Waals surface area (Å²) in [7, 11) is 0. The zero-order valence-corrected chi connectivity index (χ0v) is 22.6. The van der Waals surface area contributed by atoms with E-state index in [9.17, 15) is 19.5 Å². The molecule has 0 unspecified atom stereocenters. The first-order valence-electron chi connectivity index (χ1n) is 13.3. The smallest absolute Gasteiger partial charge is 0.329 e. The maximum Gasteiger partial charge on any atom is 0.329 e. The van der Waals surface area contributed by atoms with Crippen LogP contribution in [0.2, 0.25) is 0 Å². The lowest BCUT2D eigenvalue weighted by atomic mass is 9.94. The maximum absolute atomic E-state index is 13.2. The fourth-order valence-corrected chi connectivity index (χ4v) is 4.82. The zero-order chi connectivity index (χ0) is 27.8. The van der Waals surface area contributed by atoms with Gasteiger partial charge in [-0.2, -0.15) is 0 Å². The van der Waals surface area contributed by atoms with E-state index in [1.165, 1.54) is 17.2 Å². The number of nitrogens with two attached hydrogens (primary N) is 1. The van der Waals surface area contributed by atoms with Crippen molar-refractivity contribution in [1.29, 1.82) is 0 Å². The van der Waals surface area contributed by atoms with Gasteiger partial charge in [-0.3, -0.25) is 9.59 Å². The second-order valence-electron chi connectivity index (χ2n) is 10.5. The molecule has 2 amide bonds. The number of carbonyl (C=O) groups excluding carboxylic acids is 3. The van der Waals surface area contributed by atoms with E-state index in [1.807, 2.05) is 33.8 Å². The summed E-state index contributed by atoms with van der Waals surface area (Å²) in [6, 6.07) is -1.17. The van der Waals surface area contributed by atoms with Gasteiger partial charge in [0.05, 0.1) is 6.10 Å². The number of allylic oxidation sites excluding steroid dienone is 2. The van der Waals surface area contributed by atoms with Gasteiger partial charge in [-0.05, 0) is 38.2 Å². The number of ether oxygens (including phenoxy) is 1. The maximum atomic E-state index is 13.2. The molecule has 1 saturated heterocycles. The van der Waals surface area contributed by atoms with Crippen LogP contribution < -0.4 is 11.1 Å². The number of cyclic esters (lactones) is 1. The average Bonchev–Trinajstić information content (AvgIpc) is 3.52. The Balaban J connectivity index is 1.85. The number of aromatic nitrogens is 1. The van der Waals surface area contributed by atoms with Crippen molar-refractivity contribution in [3.8, 4) is 0 Å². The Bertz CT molecular complexity index is 1080. The molecule has 0 aromatic carbocycles. The molecule has 1 aromatic rings. The fraction of sp³-hybridized carbons (Fsp3) is 0.571. The van der Waals surface area contributed by atoms with E-state index in [4.69, 9.17) is 14.9 Å². The van der Waals surface area contributed by atoms with Crippen LogP contribution in [0.25, 0.3) is 0 Å². The Morgan fingerprint density at radius 3 is 2.74 bits per heavy atom. The van der Waals surface area contributed by atoms with Crippen LogP contribution in [0.4, 0.5) is 0 Å². The molecule has 3 rings (SSSR count). The van der Waals surface area contributed by atoms with E-state index in [0.29, 0.717) is 31.8 Å². The van der Waals surface area contributed by atoms with Crippen LogP contribution in [0.15, 0.2) is 46.6 Å². The summed E-state index contributed by atoms with van der Waals surface area (Å²) in [5, 5.41) is 13.2. The lowest BCUT2D eigenvalue weighted by Crippen LogP contribution is -2.44. The van der Waals surface area contributed by atoms with Crippen molar-refractivity contribution in [2.45, 2.75) is 77.7 Å². The predicted molar refractivity (Wildman–Crippen MR) is 142 cm³/mol. The van der Waals surface area contributed by atoms with Gasteiger partial charge >= 0.3 is 5.97 Å². The number of hydrogen-bond donors (Lipinski definition) is 3. The molecule has 2 bridgehead atoms. The molecule has 38 heavy (non-hydrogen) atoms. The third-order valence-electron chi connectivity index (χ3n) is 6.75. The summed E-state index contributed by atoms with van der Waals surface area (Å²) in [6.45, 7) is 8.37. The first kappa shape index (κ1) is 29.3. The summed E-state index contributed by atoms with van der Waals surface area (Å²) in [6.07, 6.45) is 10.2.